The quantitative estimate of drug-likeness (QED) is 0.0953. The molecule has 0 unspecified atom stereocenters. The van der Waals surface area contributed by atoms with Crippen molar-refractivity contribution < 1.29 is 67.0 Å². The van der Waals surface area contributed by atoms with Crippen molar-refractivity contribution in [3.63, 3.8) is 0 Å². The largest absolute Gasteiger partial charge is 0.467 e. The van der Waals surface area contributed by atoms with E-state index in [1.54, 1.807) is 0 Å². The number of rotatable bonds is 10. The third-order valence-electron chi connectivity index (χ3n) is 13.1. The number of methoxy groups -OCH3 is 1. The first-order chi connectivity index (χ1) is 25.3. The number of amides is 2. The minimum absolute atomic E-state index is 0.0506. The van der Waals surface area contributed by atoms with Crippen LogP contribution in [0, 0.1) is 34.5 Å². The molecule has 2 amide bonds. The smallest absolute Gasteiger partial charge is 0.339 e. The van der Waals surface area contributed by atoms with Crippen LogP contribution in [0.1, 0.15) is 99.3 Å². The molecule has 1 aliphatic heterocycles. The van der Waals surface area contributed by atoms with Crippen LogP contribution in [0.5, 0.6) is 0 Å². The molecule has 0 spiro atoms. The van der Waals surface area contributed by atoms with E-state index in [-0.39, 0.29) is 35.7 Å². The third kappa shape index (κ3) is 7.94. The van der Waals surface area contributed by atoms with Crippen molar-refractivity contribution in [2.24, 2.45) is 45.3 Å². The number of carbonyl (C=O) groups excluding carboxylic acids is 6. The number of nitrogens with one attached hydrogen (secondary N) is 1. The van der Waals surface area contributed by atoms with E-state index in [9.17, 15) is 33.9 Å². The summed E-state index contributed by atoms with van der Waals surface area (Å²) in [7, 11) is 1.14. The molecule has 5 rings (SSSR count). The zero-order chi connectivity index (χ0) is 39.7. The number of hydrazone groups is 1. The lowest BCUT2D eigenvalue weighted by Crippen LogP contribution is -2.64. The lowest BCUT2D eigenvalue weighted by atomic mass is 9.44. The van der Waals surface area contributed by atoms with E-state index < -0.39 is 77.6 Å². The van der Waals surface area contributed by atoms with E-state index in [4.69, 9.17) is 38.9 Å². The Bertz CT molecular complexity index is 1520. The average molecular weight is 766 g/mol. The molecule has 4 saturated carbocycles. The molecule has 0 aromatic heterocycles. The minimum atomic E-state index is -1.53. The van der Waals surface area contributed by atoms with E-state index in [1.165, 1.54) is 13.8 Å². The Morgan fingerprint density at radius 3 is 2.06 bits per heavy atom. The van der Waals surface area contributed by atoms with Crippen LogP contribution in [-0.4, -0.2) is 103 Å². The highest BCUT2D eigenvalue weighted by Crippen LogP contribution is 2.68. The standard InChI is InChI=1S/C37H55N3O14/c1-18(41)49-17-27(39-40-34(38)46)37(47)15-12-26-24-9-8-22-16-23(10-13-35(22,5)25(24)11-14-36(26,37)6)53-33-31(52-21(4)44)29(51-20(3)43)28(50-19(2)42)30(54-33)32(45)48-7/h22-26,28-31,33,47H,8-17H2,1-7H3,(H3,38,40,46)/b39-27-/t22-,23-,24-,25+,26-,28+,29+,30-,31-,33-,35-,36-,37+/m1/s1. The second kappa shape index (κ2) is 16.1. The molecule has 0 aromatic rings. The van der Waals surface area contributed by atoms with Crippen LogP contribution in [-0.2, 0) is 57.1 Å². The molecule has 1 heterocycles. The van der Waals surface area contributed by atoms with Crippen LogP contribution in [0.4, 0.5) is 4.79 Å². The molecular weight excluding hydrogens is 710 g/mol. The van der Waals surface area contributed by atoms with Gasteiger partial charge >= 0.3 is 35.9 Å². The molecule has 5 fully saturated rings. The van der Waals surface area contributed by atoms with Crippen molar-refractivity contribution in [1.29, 1.82) is 0 Å². The third-order valence-corrected chi connectivity index (χ3v) is 13.1. The van der Waals surface area contributed by atoms with Gasteiger partial charge in [0.25, 0.3) is 0 Å². The number of fused-ring (bicyclic) bond motifs is 5. The van der Waals surface area contributed by atoms with E-state index in [2.05, 4.69) is 24.4 Å². The summed E-state index contributed by atoms with van der Waals surface area (Å²) in [5.41, 5.74) is 5.64. The molecule has 17 nitrogen and oxygen atoms in total. The van der Waals surface area contributed by atoms with Crippen molar-refractivity contribution in [3.05, 3.63) is 0 Å². The summed E-state index contributed by atoms with van der Waals surface area (Å²) in [6.07, 6.45) is -0.889. The summed E-state index contributed by atoms with van der Waals surface area (Å²) < 4.78 is 39.2. The Kier molecular flexibility index (Phi) is 12.3. The van der Waals surface area contributed by atoms with Gasteiger partial charge in [0.1, 0.15) is 17.9 Å². The monoisotopic (exact) mass is 765 g/mol. The number of esters is 5. The molecular formula is C37H55N3O14. The summed E-state index contributed by atoms with van der Waals surface area (Å²) in [6, 6.07) is -0.885. The molecule has 4 N–H and O–H groups in total. The Hall–Kier alpha value is -3.83. The van der Waals surface area contributed by atoms with E-state index in [0.717, 1.165) is 53.1 Å². The fourth-order valence-corrected chi connectivity index (χ4v) is 10.7. The number of aliphatic hydroxyl groups is 1. The first-order valence-corrected chi connectivity index (χ1v) is 18.7. The zero-order valence-electron chi connectivity index (χ0n) is 32.1. The summed E-state index contributed by atoms with van der Waals surface area (Å²) >= 11 is 0. The molecule has 302 valence electrons. The van der Waals surface area contributed by atoms with Crippen molar-refractivity contribution in [2.45, 2.75) is 142 Å². The summed E-state index contributed by atoms with van der Waals surface area (Å²) in [5.74, 6) is -2.60. The van der Waals surface area contributed by atoms with Gasteiger partial charge in [-0.1, -0.05) is 13.8 Å². The van der Waals surface area contributed by atoms with Gasteiger partial charge in [0.15, 0.2) is 30.7 Å². The van der Waals surface area contributed by atoms with Gasteiger partial charge in [-0.15, -0.1) is 0 Å². The van der Waals surface area contributed by atoms with Gasteiger partial charge in [-0.25, -0.2) is 15.0 Å². The van der Waals surface area contributed by atoms with Crippen molar-refractivity contribution in [2.75, 3.05) is 13.7 Å². The molecule has 13 atom stereocenters. The van der Waals surface area contributed by atoms with Crippen LogP contribution >= 0.6 is 0 Å². The number of primary amides is 1. The fourth-order valence-electron chi connectivity index (χ4n) is 10.7. The van der Waals surface area contributed by atoms with Crippen LogP contribution in [0.15, 0.2) is 5.10 Å². The van der Waals surface area contributed by atoms with Gasteiger partial charge in [0, 0.05) is 33.1 Å². The average Bonchev–Trinajstić information content (AvgIpc) is 3.36. The Labute approximate surface area is 314 Å². The summed E-state index contributed by atoms with van der Waals surface area (Å²) in [4.78, 5) is 72.8. The van der Waals surface area contributed by atoms with Gasteiger partial charge < -0.3 is 44.0 Å². The van der Waals surface area contributed by atoms with E-state index >= 15 is 0 Å². The maximum Gasteiger partial charge on any atom is 0.339 e. The van der Waals surface area contributed by atoms with Crippen molar-refractivity contribution >= 4 is 41.6 Å². The Morgan fingerprint density at radius 1 is 0.815 bits per heavy atom. The zero-order valence-corrected chi connectivity index (χ0v) is 32.1. The second-order valence-corrected chi connectivity index (χ2v) is 16.0. The Morgan fingerprint density at radius 2 is 1.44 bits per heavy atom. The van der Waals surface area contributed by atoms with Gasteiger partial charge in [0.2, 0.25) is 0 Å². The Balaban J connectivity index is 1.34. The normalized spacial score (nSPS) is 40.1. The van der Waals surface area contributed by atoms with Crippen LogP contribution in [0.3, 0.4) is 0 Å². The van der Waals surface area contributed by atoms with Gasteiger partial charge in [0.05, 0.1) is 13.2 Å². The molecule has 5 aliphatic rings. The predicted molar refractivity (Wildman–Crippen MR) is 186 cm³/mol. The molecule has 17 heteroatoms. The lowest BCUT2D eigenvalue weighted by molar-refractivity contribution is -0.315. The SMILES string of the molecule is COC(=O)[C@@H]1O[C@@H](O[C@@H]2CC[C@]3(C)[C@H](CC[C@H]4[C@H]5CC[C@](O)(/C(COC(C)=O)=N\NC(N)=O)[C@]5(C)CC[C@@H]43)C2)[C@H](OC(C)=O)[C@@H](OC(C)=O)[C@@H]1OC(C)=O. The second-order valence-electron chi connectivity index (χ2n) is 16.0. The number of ether oxygens (including phenoxy) is 7. The minimum Gasteiger partial charge on any atom is -0.467 e. The summed E-state index contributed by atoms with van der Waals surface area (Å²) in [6.45, 7) is 8.86. The van der Waals surface area contributed by atoms with Crippen LogP contribution < -0.4 is 11.2 Å². The number of hydrogen-bond acceptors (Lipinski definition) is 15. The topological polar surface area (TPSA) is 238 Å². The molecule has 0 radical (unpaired) electrons. The first-order valence-electron chi connectivity index (χ1n) is 18.7. The number of nitrogens with zero attached hydrogens (tertiary/aromatic N) is 1. The molecule has 0 aromatic carbocycles. The number of nitrogens with two attached hydrogens (primary N) is 1. The summed E-state index contributed by atoms with van der Waals surface area (Å²) in [5, 5.41) is 16.5. The highest BCUT2D eigenvalue weighted by Gasteiger charge is 2.66. The van der Waals surface area contributed by atoms with Crippen LogP contribution in [0.25, 0.3) is 0 Å². The van der Waals surface area contributed by atoms with Crippen molar-refractivity contribution in [3.8, 4) is 0 Å². The number of hydrogen-bond donors (Lipinski definition) is 3. The van der Waals surface area contributed by atoms with Gasteiger partial charge in [-0.2, -0.15) is 5.10 Å². The molecule has 1 saturated heterocycles. The molecule has 4 aliphatic carbocycles. The number of urea groups is 1. The fraction of sp³-hybridized carbons (Fsp3) is 0.811. The number of carbonyl (C=O) groups is 6. The van der Waals surface area contributed by atoms with E-state index in [0.29, 0.717) is 37.5 Å². The molecule has 0 bridgehead atoms. The maximum absolute atomic E-state index is 12.9. The van der Waals surface area contributed by atoms with E-state index in [1.807, 2.05) is 0 Å². The lowest BCUT2D eigenvalue weighted by Gasteiger charge is -2.62. The molecule has 54 heavy (non-hydrogen) atoms. The first kappa shape index (κ1) is 41.3. The highest BCUT2D eigenvalue weighted by atomic mass is 16.7. The van der Waals surface area contributed by atoms with Gasteiger partial charge in [-0.05, 0) is 86.9 Å². The van der Waals surface area contributed by atoms with Crippen LogP contribution in [0.2, 0.25) is 0 Å². The van der Waals surface area contributed by atoms with Gasteiger partial charge in [-0.3, -0.25) is 19.2 Å². The highest BCUT2D eigenvalue weighted by molar-refractivity contribution is 5.96. The maximum atomic E-state index is 12.9. The van der Waals surface area contributed by atoms with Crippen molar-refractivity contribution in [1.82, 2.24) is 5.43 Å². The predicted octanol–water partition coefficient (Wildman–Crippen LogP) is 2.43.